The Morgan fingerprint density at radius 1 is 1.03 bits per heavy atom. The lowest BCUT2D eigenvalue weighted by Gasteiger charge is -2.26. The molecule has 0 aliphatic carbocycles. The highest BCUT2D eigenvalue weighted by molar-refractivity contribution is 7.93. The molecule has 0 atom stereocenters. The van der Waals surface area contributed by atoms with E-state index < -0.39 is 35.6 Å². The van der Waals surface area contributed by atoms with Crippen LogP contribution >= 0.6 is 0 Å². The van der Waals surface area contributed by atoms with Gasteiger partial charge in [0.1, 0.15) is 0 Å². The number of hydrogen-bond donors (Lipinski definition) is 1. The van der Waals surface area contributed by atoms with E-state index in [0.29, 0.717) is 5.56 Å². The third-order valence-corrected chi connectivity index (χ3v) is 7.85. The molecule has 0 saturated carbocycles. The number of sulfonamides is 2. The van der Waals surface area contributed by atoms with Crippen molar-refractivity contribution in [3.05, 3.63) is 58.1 Å². The smallest absolute Gasteiger partial charge is 0.289 e. The Kier molecular flexibility index (Phi) is 5.89. The SMILES string of the molecule is Cc1ccc(NS(=O)(=O)c2ccccc2[N+](=O)[O-])cc1S(=O)(=O)N1CCOCC1. The molecule has 1 saturated heterocycles. The normalized spacial score (nSPS) is 15.8. The summed E-state index contributed by atoms with van der Waals surface area (Å²) < 4.78 is 59.9. The fourth-order valence-electron chi connectivity index (χ4n) is 2.91. The van der Waals surface area contributed by atoms with Gasteiger partial charge >= 0.3 is 0 Å². The Bertz CT molecular complexity index is 1140. The van der Waals surface area contributed by atoms with Crippen LogP contribution < -0.4 is 4.72 Å². The molecule has 1 fully saturated rings. The molecule has 1 aliphatic rings. The van der Waals surface area contributed by atoms with Crippen molar-refractivity contribution in [2.75, 3.05) is 31.0 Å². The molecule has 1 N–H and O–H groups in total. The maximum atomic E-state index is 12.9. The minimum absolute atomic E-state index is 0.0133. The summed E-state index contributed by atoms with van der Waals surface area (Å²) in [5.74, 6) is 0. The van der Waals surface area contributed by atoms with E-state index in [9.17, 15) is 26.9 Å². The molecule has 0 unspecified atom stereocenters. The molecule has 10 nitrogen and oxygen atoms in total. The molecule has 2 aromatic carbocycles. The molecule has 0 aromatic heterocycles. The van der Waals surface area contributed by atoms with Crippen LogP contribution in [0, 0.1) is 17.0 Å². The maximum absolute atomic E-state index is 12.9. The largest absolute Gasteiger partial charge is 0.379 e. The van der Waals surface area contributed by atoms with Crippen molar-refractivity contribution in [3.63, 3.8) is 0 Å². The van der Waals surface area contributed by atoms with Crippen LogP contribution in [-0.4, -0.2) is 52.4 Å². The Morgan fingerprint density at radius 2 is 1.69 bits per heavy atom. The number of benzene rings is 2. The lowest BCUT2D eigenvalue weighted by molar-refractivity contribution is -0.387. The van der Waals surface area contributed by atoms with Crippen molar-refractivity contribution in [1.82, 2.24) is 4.31 Å². The highest BCUT2D eigenvalue weighted by Gasteiger charge is 2.29. The van der Waals surface area contributed by atoms with Crippen molar-refractivity contribution in [2.24, 2.45) is 0 Å². The van der Waals surface area contributed by atoms with Gasteiger partial charge < -0.3 is 4.74 Å². The molecule has 2 aromatic rings. The number of aryl methyl sites for hydroxylation is 1. The summed E-state index contributed by atoms with van der Waals surface area (Å²) in [5.41, 5.74) is -0.140. The van der Waals surface area contributed by atoms with Crippen LogP contribution in [0.4, 0.5) is 11.4 Å². The van der Waals surface area contributed by atoms with Crippen LogP contribution in [0.2, 0.25) is 0 Å². The second-order valence-electron chi connectivity index (χ2n) is 6.33. The van der Waals surface area contributed by atoms with Crippen molar-refractivity contribution in [2.45, 2.75) is 16.7 Å². The van der Waals surface area contributed by atoms with Crippen LogP contribution in [0.1, 0.15) is 5.56 Å². The number of morpholine rings is 1. The number of rotatable bonds is 6. The molecule has 0 radical (unpaired) electrons. The topological polar surface area (TPSA) is 136 Å². The third kappa shape index (κ3) is 4.40. The molecule has 0 spiro atoms. The molecule has 3 rings (SSSR count). The van der Waals surface area contributed by atoms with Gasteiger partial charge in [-0.05, 0) is 30.7 Å². The van der Waals surface area contributed by atoms with Crippen molar-refractivity contribution >= 4 is 31.4 Å². The van der Waals surface area contributed by atoms with Gasteiger partial charge in [-0.1, -0.05) is 18.2 Å². The van der Waals surface area contributed by atoms with Crippen molar-refractivity contribution < 1.29 is 26.5 Å². The molecule has 156 valence electrons. The summed E-state index contributed by atoms with van der Waals surface area (Å²) in [6.07, 6.45) is 0. The van der Waals surface area contributed by atoms with E-state index >= 15 is 0 Å². The number of nitro groups is 1. The average molecular weight is 441 g/mol. The zero-order valence-electron chi connectivity index (χ0n) is 15.4. The predicted molar refractivity (Wildman–Crippen MR) is 105 cm³/mol. The molecular formula is C17H19N3O7S2. The van der Waals surface area contributed by atoms with Crippen LogP contribution in [0.15, 0.2) is 52.3 Å². The van der Waals surface area contributed by atoms with Crippen LogP contribution in [0.3, 0.4) is 0 Å². The first-order chi connectivity index (χ1) is 13.6. The molecular weight excluding hydrogens is 422 g/mol. The van der Waals surface area contributed by atoms with Gasteiger partial charge in [0.2, 0.25) is 10.0 Å². The monoisotopic (exact) mass is 441 g/mol. The Balaban J connectivity index is 1.97. The molecule has 0 bridgehead atoms. The van der Waals surface area contributed by atoms with Gasteiger partial charge in [0.15, 0.2) is 4.90 Å². The molecule has 12 heteroatoms. The number of para-hydroxylation sites is 1. The average Bonchev–Trinajstić information content (AvgIpc) is 2.70. The van der Waals surface area contributed by atoms with E-state index in [4.69, 9.17) is 4.74 Å². The minimum Gasteiger partial charge on any atom is -0.379 e. The van der Waals surface area contributed by atoms with E-state index in [0.717, 1.165) is 12.1 Å². The summed E-state index contributed by atoms with van der Waals surface area (Å²) >= 11 is 0. The summed E-state index contributed by atoms with van der Waals surface area (Å²) in [4.78, 5) is 9.80. The minimum atomic E-state index is -4.31. The first-order valence-electron chi connectivity index (χ1n) is 8.58. The van der Waals surface area contributed by atoms with Gasteiger partial charge in [-0.15, -0.1) is 0 Å². The Hall–Kier alpha value is -2.54. The Labute approximate surface area is 168 Å². The van der Waals surface area contributed by atoms with Gasteiger partial charge in [-0.2, -0.15) is 4.31 Å². The predicted octanol–water partition coefficient (Wildman–Crippen LogP) is 1.72. The third-order valence-electron chi connectivity index (χ3n) is 4.38. The van der Waals surface area contributed by atoms with E-state index in [-0.39, 0.29) is 36.9 Å². The van der Waals surface area contributed by atoms with Crippen molar-refractivity contribution in [1.29, 1.82) is 0 Å². The van der Waals surface area contributed by atoms with E-state index in [1.54, 1.807) is 6.92 Å². The van der Waals surface area contributed by atoms with E-state index in [2.05, 4.69) is 4.72 Å². The van der Waals surface area contributed by atoms with E-state index in [1.807, 2.05) is 0 Å². The van der Waals surface area contributed by atoms with E-state index in [1.165, 1.54) is 34.6 Å². The van der Waals surface area contributed by atoms with Crippen LogP contribution in [0.5, 0.6) is 0 Å². The Morgan fingerprint density at radius 3 is 2.34 bits per heavy atom. The second-order valence-corrected chi connectivity index (χ2v) is 9.88. The lowest BCUT2D eigenvalue weighted by Crippen LogP contribution is -2.40. The van der Waals surface area contributed by atoms with Gasteiger partial charge in [-0.25, -0.2) is 16.8 Å². The number of nitro benzene ring substituents is 1. The van der Waals surface area contributed by atoms with Gasteiger partial charge in [0.05, 0.1) is 28.7 Å². The number of nitrogens with one attached hydrogen (secondary N) is 1. The van der Waals surface area contributed by atoms with Crippen molar-refractivity contribution in [3.8, 4) is 0 Å². The first-order valence-corrected chi connectivity index (χ1v) is 11.5. The molecule has 1 aliphatic heterocycles. The highest BCUT2D eigenvalue weighted by Crippen LogP contribution is 2.28. The number of hydrogen-bond acceptors (Lipinski definition) is 7. The summed E-state index contributed by atoms with van der Waals surface area (Å²) in [6, 6.07) is 9.01. The quantitative estimate of drug-likeness (QED) is 0.532. The number of anilines is 1. The molecule has 0 amide bonds. The highest BCUT2D eigenvalue weighted by atomic mass is 32.2. The molecule has 29 heavy (non-hydrogen) atoms. The first kappa shape index (κ1) is 21.2. The van der Waals surface area contributed by atoms with Crippen LogP contribution in [0.25, 0.3) is 0 Å². The zero-order valence-corrected chi connectivity index (χ0v) is 17.1. The van der Waals surface area contributed by atoms with Gasteiger partial charge in [0, 0.05) is 19.2 Å². The summed E-state index contributed by atoms with van der Waals surface area (Å²) in [7, 11) is -8.16. The van der Waals surface area contributed by atoms with Crippen LogP contribution in [-0.2, 0) is 24.8 Å². The fraction of sp³-hybridized carbons (Fsp3) is 0.294. The van der Waals surface area contributed by atoms with Gasteiger partial charge in [0.25, 0.3) is 15.7 Å². The fourth-order valence-corrected chi connectivity index (χ4v) is 5.79. The number of ether oxygens (including phenoxy) is 1. The summed E-state index contributed by atoms with van der Waals surface area (Å²) in [5, 5.41) is 11.1. The maximum Gasteiger partial charge on any atom is 0.289 e. The summed E-state index contributed by atoms with van der Waals surface area (Å²) in [6.45, 7) is 2.57. The van der Waals surface area contributed by atoms with Gasteiger partial charge in [-0.3, -0.25) is 14.8 Å². The second kappa shape index (κ2) is 8.06. The number of nitrogens with zero attached hydrogens (tertiary/aromatic N) is 2. The zero-order chi connectivity index (χ0) is 21.2. The lowest BCUT2D eigenvalue weighted by atomic mass is 10.2. The standard InChI is InChI=1S/C17H19N3O7S2/c1-13-6-7-14(12-17(13)29(25,26)19-8-10-27-11-9-19)18-28(23,24)16-5-3-2-4-15(16)20(21)22/h2-7,12,18H,8-11H2,1H3. The molecule has 1 heterocycles.